The number of halogens is 4. The molecule has 10 heteroatoms. The molecule has 1 aromatic heterocycles. The number of aryl methyl sites for hydroxylation is 1. The third-order valence-electron chi connectivity index (χ3n) is 3.41. The molecule has 0 fully saturated rings. The standard InChI is InChI=1S/C16H10Cl3FN2O2S2/c1-8-5-9(17)6-11(19)15(8)26(23,24)22-16-21-13(7-25-16)14-10(18)3-2-4-12(14)20/h2-7H,1H3,(H,21,22). The number of anilines is 1. The molecule has 0 aliphatic heterocycles. The summed E-state index contributed by atoms with van der Waals surface area (Å²) in [5.74, 6) is -0.547. The van der Waals surface area contributed by atoms with Crippen molar-refractivity contribution in [1.82, 2.24) is 4.98 Å². The minimum atomic E-state index is -4.00. The molecule has 0 atom stereocenters. The first-order valence-corrected chi connectivity index (χ1v) is 10.6. The van der Waals surface area contributed by atoms with Crippen LogP contribution in [0.3, 0.4) is 0 Å². The second-order valence-electron chi connectivity index (χ2n) is 5.27. The summed E-state index contributed by atoms with van der Waals surface area (Å²) in [5, 5.41) is 2.08. The van der Waals surface area contributed by atoms with Gasteiger partial charge in [-0.25, -0.2) is 17.8 Å². The maximum absolute atomic E-state index is 14.0. The summed E-state index contributed by atoms with van der Waals surface area (Å²) >= 11 is 18.9. The van der Waals surface area contributed by atoms with Crippen LogP contribution >= 0.6 is 46.1 Å². The van der Waals surface area contributed by atoms with Crippen LogP contribution in [0.2, 0.25) is 15.1 Å². The van der Waals surface area contributed by atoms with Crippen molar-refractivity contribution >= 4 is 61.3 Å². The van der Waals surface area contributed by atoms with Crippen molar-refractivity contribution in [3.63, 3.8) is 0 Å². The summed E-state index contributed by atoms with van der Waals surface area (Å²) in [6.45, 7) is 1.58. The van der Waals surface area contributed by atoms with Gasteiger partial charge >= 0.3 is 0 Å². The number of aromatic nitrogens is 1. The smallest absolute Gasteiger partial charge is 0.255 e. The van der Waals surface area contributed by atoms with Crippen LogP contribution in [0.4, 0.5) is 9.52 Å². The van der Waals surface area contributed by atoms with E-state index in [1.165, 1.54) is 35.7 Å². The molecule has 4 nitrogen and oxygen atoms in total. The summed E-state index contributed by atoms with van der Waals surface area (Å²) in [7, 11) is -4.00. The van der Waals surface area contributed by atoms with Gasteiger partial charge in [0, 0.05) is 10.4 Å². The minimum Gasteiger partial charge on any atom is -0.255 e. The Morgan fingerprint density at radius 1 is 1.15 bits per heavy atom. The molecule has 1 heterocycles. The summed E-state index contributed by atoms with van der Waals surface area (Å²) < 4.78 is 41.7. The molecular formula is C16H10Cl3FN2O2S2. The highest BCUT2D eigenvalue weighted by atomic mass is 35.5. The van der Waals surface area contributed by atoms with Crippen LogP contribution in [0.5, 0.6) is 0 Å². The van der Waals surface area contributed by atoms with Gasteiger partial charge in [0.25, 0.3) is 10.0 Å². The van der Waals surface area contributed by atoms with Crippen LogP contribution in [-0.4, -0.2) is 13.4 Å². The maximum atomic E-state index is 14.0. The van der Waals surface area contributed by atoms with E-state index in [9.17, 15) is 12.8 Å². The molecule has 0 amide bonds. The molecule has 0 saturated heterocycles. The Morgan fingerprint density at radius 2 is 1.88 bits per heavy atom. The first kappa shape index (κ1) is 19.4. The summed E-state index contributed by atoms with van der Waals surface area (Å²) in [6, 6.07) is 7.09. The molecule has 136 valence electrons. The number of benzene rings is 2. The van der Waals surface area contributed by atoms with Gasteiger partial charge in [-0.05, 0) is 36.8 Å². The van der Waals surface area contributed by atoms with Gasteiger partial charge in [-0.2, -0.15) is 0 Å². The van der Waals surface area contributed by atoms with Gasteiger partial charge in [0.1, 0.15) is 10.7 Å². The maximum Gasteiger partial charge on any atom is 0.265 e. The van der Waals surface area contributed by atoms with Gasteiger partial charge in [-0.3, -0.25) is 4.72 Å². The predicted molar refractivity (Wildman–Crippen MR) is 105 cm³/mol. The minimum absolute atomic E-state index is 0.00331. The van der Waals surface area contributed by atoms with Crippen LogP contribution < -0.4 is 4.72 Å². The van der Waals surface area contributed by atoms with Crippen molar-refractivity contribution in [1.29, 1.82) is 0 Å². The van der Waals surface area contributed by atoms with E-state index >= 15 is 0 Å². The molecule has 26 heavy (non-hydrogen) atoms. The number of hydrogen-bond donors (Lipinski definition) is 1. The number of rotatable bonds is 4. The van der Waals surface area contributed by atoms with Crippen molar-refractivity contribution in [2.75, 3.05) is 4.72 Å². The Hall–Kier alpha value is -1.38. The van der Waals surface area contributed by atoms with E-state index in [2.05, 4.69) is 9.71 Å². The van der Waals surface area contributed by atoms with E-state index in [0.717, 1.165) is 11.3 Å². The highest BCUT2D eigenvalue weighted by Crippen LogP contribution is 2.34. The molecule has 0 spiro atoms. The zero-order chi connectivity index (χ0) is 19.1. The summed E-state index contributed by atoms with van der Waals surface area (Å²) in [4.78, 5) is 4.03. The zero-order valence-corrected chi connectivity index (χ0v) is 17.0. The molecule has 3 rings (SSSR count). The lowest BCUT2D eigenvalue weighted by Crippen LogP contribution is -2.14. The lowest BCUT2D eigenvalue weighted by molar-refractivity contribution is 0.600. The van der Waals surface area contributed by atoms with Crippen LogP contribution in [0, 0.1) is 12.7 Å². The predicted octanol–water partition coefficient (Wildman–Crippen LogP) is 6.02. The SMILES string of the molecule is Cc1cc(Cl)cc(Cl)c1S(=O)(=O)Nc1nc(-c2c(F)cccc2Cl)cs1. The molecule has 1 N–H and O–H groups in total. The number of nitrogens with zero attached hydrogens (tertiary/aromatic N) is 1. The highest BCUT2D eigenvalue weighted by molar-refractivity contribution is 7.93. The van der Waals surface area contributed by atoms with E-state index in [4.69, 9.17) is 34.8 Å². The molecule has 3 aromatic rings. The monoisotopic (exact) mass is 450 g/mol. The number of thiazole rings is 1. The van der Waals surface area contributed by atoms with E-state index in [1.54, 1.807) is 6.92 Å². The average Bonchev–Trinajstić information content (AvgIpc) is 2.92. The normalized spacial score (nSPS) is 11.6. The van der Waals surface area contributed by atoms with E-state index < -0.39 is 15.8 Å². The van der Waals surface area contributed by atoms with Gasteiger partial charge in [0.15, 0.2) is 5.13 Å². The molecule has 0 bridgehead atoms. The Labute approximate surface area is 168 Å². The fraction of sp³-hybridized carbons (Fsp3) is 0.0625. The second kappa shape index (κ2) is 7.32. The fourth-order valence-corrected chi connectivity index (χ4v) is 5.78. The van der Waals surface area contributed by atoms with Gasteiger partial charge in [-0.1, -0.05) is 40.9 Å². The van der Waals surface area contributed by atoms with Crippen molar-refractivity contribution in [3.8, 4) is 11.3 Å². The third-order valence-corrected chi connectivity index (χ3v) is 6.78. The van der Waals surface area contributed by atoms with Crippen LogP contribution in [0.15, 0.2) is 40.6 Å². The number of sulfonamides is 1. The molecule has 0 aliphatic rings. The van der Waals surface area contributed by atoms with E-state index in [-0.39, 0.29) is 31.3 Å². The van der Waals surface area contributed by atoms with E-state index in [1.807, 2.05) is 0 Å². The topological polar surface area (TPSA) is 59.1 Å². The summed E-state index contributed by atoms with van der Waals surface area (Å²) in [5.41, 5.74) is 0.732. The van der Waals surface area contributed by atoms with Crippen molar-refractivity contribution < 1.29 is 12.8 Å². The van der Waals surface area contributed by atoms with Gasteiger partial charge in [0.2, 0.25) is 0 Å². The Morgan fingerprint density at radius 3 is 2.54 bits per heavy atom. The first-order chi connectivity index (χ1) is 12.2. The highest BCUT2D eigenvalue weighted by Gasteiger charge is 2.23. The van der Waals surface area contributed by atoms with Crippen LogP contribution in [0.25, 0.3) is 11.3 Å². The Kier molecular flexibility index (Phi) is 5.46. The van der Waals surface area contributed by atoms with Gasteiger partial charge < -0.3 is 0 Å². The lowest BCUT2D eigenvalue weighted by atomic mass is 10.1. The molecule has 0 unspecified atom stereocenters. The fourth-order valence-electron chi connectivity index (χ4n) is 2.37. The molecule has 0 radical (unpaired) electrons. The van der Waals surface area contributed by atoms with Gasteiger partial charge in [-0.15, -0.1) is 11.3 Å². The quantitative estimate of drug-likeness (QED) is 0.528. The molecular weight excluding hydrogens is 442 g/mol. The third kappa shape index (κ3) is 3.82. The lowest BCUT2D eigenvalue weighted by Gasteiger charge is -2.10. The Bertz CT molecular complexity index is 1060. The zero-order valence-electron chi connectivity index (χ0n) is 13.1. The Balaban J connectivity index is 1.97. The second-order valence-corrected chi connectivity index (χ2v) is 9.00. The summed E-state index contributed by atoms with van der Waals surface area (Å²) in [6.07, 6.45) is 0. The van der Waals surface area contributed by atoms with Crippen molar-refractivity contribution in [2.45, 2.75) is 11.8 Å². The van der Waals surface area contributed by atoms with Crippen molar-refractivity contribution in [2.24, 2.45) is 0 Å². The largest absolute Gasteiger partial charge is 0.265 e. The van der Waals surface area contributed by atoms with Crippen LogP contribution in [-0.2, 0) is 10.0 Å². The van der Waals surface area contributed by atoms with Crippen LogP contribution in [0.1, 0.15) is 5.56 Å². The van der Waals surface area contributed by atoms with E-state index in [0.29, 0.717) is 10.6 Å². The first-order valence-electron chi connectivity index (χ1n) is 7.07. The number of nitrogens with one attached hydrogen (secondary N) is 1. The molecule has 0 aliphatic carbocycles. The molecule has 0 saturated carbocycles. The molecule has 2 aromatic carbocycles. The van der Waals surface area contributed by atoms with Crippen molar-refractivity contribution in [3.05, 3.63) is 62.2 Å². The number of hydrogen-bond acceptors (Lipinski definition) is 4. The average molecular weight is 452 g/mol. The van der Waals surface area contributed by atoms with Gasteiger partial charge in [0.05, 0.1) is 21.3 Å².